The number of aliphatic imine (C=N–C) groups is 1. The zero-order valence-electron chi connectivity index (χ0n) is 13.3. The van der Waals surface area contributed by atoms with Gasteiger partial charge in [-0.15, -0.1) is 0 Å². The first-order chi connectivity index (χ1) is 12.5. The van der Waals surface area contributed by atoms with E-state index in [1.807, 2.05) is 0 Å². The number of halogens is 3. The van der Waals surface area contributed by atoms with Crippen LogP contribution in [0.4, 0.5) is 8.78 Å². The van der Waals surface area contributed by atoms with Crippen LogP contribution < -0.4 is 9.47 Å². The van der Waals surface area contributed by atoms with Crippen molar-refractivity contribution < 1.29 is 27.8 Å². The van der Waals surface area contributed by atoms with Gasteiger partial charge in [0, 0.05) is 16.8 Å². The summed E-state index contributed by atoms with van der Waals surface area (Å²) in [7, 11) is 1.31. The molecular formula is C17H11ClF2N2O4. The molecule has 0 bridgehead atoms. The molecule has 1 aromatic heterocycles. The monoisotopic (exact) mass is 380 g/mol. The van der Waals surface area contributed by atoms with Crippen LogP contribution >= 0.6 is 11.6 Å². The number of ether oxygens (including phenoxy) is 3. The second-order valence-electron chi connectivity index (χ2n) is 4.95. The number of pyridine rings is 1. The fourth-order valence-corrected chi connectivity index (χ4v) is 2.37. The molecule has 0 unspecified atom stereocenters. The number of hydrogen-bond acceptors (Lipinski definition) is 6. The Morgan fingerprint density at radius 1 is 1.31 bits per heavy atom. The minimum absolute atomic E-state index is 0.0389. The predicted molar refractivity (Wildman–Crippen MR) is 89.5 cm³/mol. The van der Waals surface area contributed by atoms with E-state index in [-0.39, 0.29) is 34.4 Å². The highest BCUT2D eigenvalue weighted by Crippen LogP contribution is 2.34. The number of aromatic nitrogens is 1. The number of esters is 1. The summed E-state index contributed by atoms with van der Waals surface area (Å²) in [6.07, 6.45) is 2.70. The number of benzene rings is 1. The van der Waals surface area contributed by atoms with Crippen LogP contribution in [0.1, 0.15) is 11.3 Å². The van der Waals surface area contributed by atoms with Gasteiger partial charge in [-0.25, -0.2) is 9.79 Å². The van der Waals surface area contributed by atoms with Crippen LogP contribution in [0.15, 0.2) is 47.2 Å². The van der Waals surface area contributed by atoms with Gasteiger partial charge in [-0.3, -0.25) is 4.98 Å². The van der Waals surface area contributed by atoms with Crippen LogP contribution in [0.2, 0.25) is 5.02 Å². The fourth-order valence-electron chi connectivity index (χ4n) is 2.21. The van der Waals surface area contributed by atoms with Crippen LogP contribution in [0.3, 0.4) is 0 Å². The van der Waals surface area contributed by atoms with E-state index in [9.17, 15) is 13.6 Å². The SMILES string of the molecule is COc1cccc(/C=C2\N=C(c3cc(Cl)ccn3)OC2=O)c1OC(F)F. The number of carbonyl (C=O) groups is 1. The normalized spacial score (nSPS) is 15.2. The summed E-state index contributed by atoms with van der Waals surface area (Å²) < 4.78 is 40.0. The minimum Gasteiger partial charge on any atom is -0.493 e. The van der Waals surface area contributed by atoms with Crippen molar-refractivity contribution in [3.05, 3.63) is 58.5 Å². The molecule has 2 heterocycles. The molecule has 1 aliphatic rings. The Hall–Kier alpha value is -3.00. The van der Waals surface area contributed by atoms with Crippen molar-refractivity contribution in [2.45, 2.75) is 6.61 Å². The van der Waals surface area contributed by atoms with E-state index in [0.29, 0.717) is 5.02 Å². The molecule has 0 saturated carbocycles. The summed E-state index contributed by atoms with van der Waals surface area (Å²) in [5.41, 5.74) is 0.346. The van der Waals surface area contributed by atoms with Crippen molar-refractivity contribution in [3.63, 3.8) is 0 Å². The summed E-state index contributed by atoms with van der Waals surface area (Å²) in [6.45, 7) is -3.06. The second-order valence-corrected chi connectivity index (χ2v) is 5.39. The van der Waals surface area contributed by atoms with Gasteiger partial charge in [-0.2, -0.15) is 8.78 Å². The molecule has 2 aromatic rings. The molecule has 0 fully saturated rings. The average Bonchev–Trinajstić information content (AvgIpc) is 2.97. The van der Waals surface area contributed by atoms with Gasteiger partial charge in [-0.05, 0) is 24.3 Å². The largest absolute Gasteiger partial charge is 0.493 e. The van der Waals surface area contributed by atoms with Crippen molar-refractivity contribution in [2.75, 3.05) is 7.11 Å². The zero-order chi connectivity index (χ0) is 18.7. The lowest BCUT2D eigenvalue weighted by Gasteiger charge is -2.12. The van der Waals surface area contributed by atoms with E-state index in [0.717, 1.165) is 0 Å². The lowest BCUT2D eigenvalue weighted by Crippen LogP contribution is -2.07. The summed E-state index contributed by atoms with van der Waals surface area (Å²) in [5, 5.41) is 0.395. The number of carbonyl (C=O) groups excluding carboxylic acids is 1. The number of cyclic esters (lactones) is 1. The van der Waals surface area contributed by atoms with Crippen molar-refractivity contribution in [3.8, 4) is 11.5 Å². The summed E-state index contributed by atoms with van der Waals surface area (Å²) in [6, 6.07) is 7.53. The number of hydrogen-bond donors (Lipinski definition) is 0. The zero-order valence-corrected chi connectivity index (χ0v) is 14.0. The van der Waals surface area contributed by atoms with Crippen LogP contribution in [0.25, 0.3) is 6.08 Å². The lowest BCUT2D eigenvalue weighted by atomic mass is 10.1. The van der Waals surface area contributed by atoms with Crippen LogP contribution in [-0.4, -0.2) is 30.6 Å². The molecule has 6 nitrogen and oxygen atoms in total. The Kier molecular flexibility index (Phi) is 5.13. The maximum Gasteiger partial charge on any atom is 0.387 e. The fraction of sp³-hybridized carbons (Fsp3) is 0.118. The smallest absolute Gasteiger partial charge is 0.387 e. The molecule has 0 saturated heterocycles. The Balaban J connectivity index is 2.01. The van der Waals surface area contributed by atoms with Gasteiger partial charge >= 0.3 is 12.6 Å². The van der Waals surface area contributed by atoms with Gasteiger partial charge in [0.25, 0.3) is 0 Å². The highest BCUT2D eigenvalue weighted by Gasteiger charge is 2.26. The molecular weight excluding hydrogens is 370 g/mol. The molecule has 0 N–H and O–H groups in total. The molecule has 26 heavy (non-hydrogen) atoms. The first kappa shape index (κ1) is 17.8. The third-order valence-electron chi connectivity index (χ3n) is 3.29. The third kappa shape index (κ3) is 3.80. The van der Waals surface area contributed by atoms with E-state index in [4.69, 9.17) is 21.1 Å². The second kappa shape index (κ2) is 7.49. The van der Waals surface area contributed by atoms with Crippen LogP contribution in [0, 0.1) is 0 Å². The molecule has 1 aromatic carbocycles. The molecule has 1 aliphatic heterocycles. The highest BCUT2D eigenvalue weighted by atomic mass is 35.5. The number of rotatable bonds is 5. The van der Waals surface area contributed by atoms with Crippen molar-refractivity contribution >= 4 is 29.5 Å². The summed E-state index contributed by atoms with van der Waals surface area (Å²) >= 11 is 5.88. The molecule has 3 rings (SSSR count). The average molecular weight is 381 g/mol. The van der Waals surface area contributed by atoms with Gasteiger partial charge < -0.3 is 14.2 Å². The number of para-hydroxylation sites is 1. The van der Waals surface area contributed by atoms with Crippen LogP contribution in [-0.2, 0) is 9.53 Å². The molecule has 134 valence electrons. The standard InChI is InChI=1S/C17H11ClF2N2O4/c1-24-13-4-2-3-9(14(13)25-17(19)20)7-12-16(23)26-15(22-12)11-8-10(18)5-6-21-11/h2-8,17H,1H3/b12-7-. The van der Waals surface area contributed by atoms with E-state index in [1.54, 1.807) is 12.1 Å². The Bertz CT molecular complexity index is 915. The van der Waals surface area contributed by atoms with E-state index in [1.165, 1.54) is 37.6 Å². The van der Waals surface area contributed by atoms with E-state index < -0.39 is 12.6 Å². The molecule has 0 atom stereocenters. The topological polar surface area (TPSA) is 70.0 Å². The minimum atomic E-state index is -3.06. The molecule has 0 amide bonds. The first-order valence-electron chi connectivity index (χ1n) is 7.24. The van der Waals surface area contributed by atoms with Gasteiger partial charge in [-0.1, -0.05) is 23.7 Å². The Morgan fingerprint density at radius 3 is 2.81 bits per heavy atom. The molecule has 0 aliphatic carbocycles. The highest BCUT2D eigenvalue weighted by molar-refractivity contribution is 6.31. The summed E-state index contributed by atoms with van der Waals surface area (Å²) in [4.78, 5) is 20.1. The van der Waals surface area contributed by atoms with Gasteiger partial charge in [0.2, 0.25) is 5.90 Å². The maximum atomic E-state index is 12.7. The number of nitrogens with zero attached hydrogens (tertiary/aromatic N) is 2. The molecule has 0 radical (unpaired) electrons. The van der Waals surface area contributed by atoms with Gasteiger partial charge in [0.15, 0.2) is 17.2 Å². The van der Waals surface area contributed by atoms with E-state index >= 15 is 0 Å². The van der Waals surface area contributed by atoms with Crippen molar-refractivity contribution in [1.82, 2.24) is 4.98 Å². The van der Waals surface area contributed by atoms with Gasteiger partial charge in [0.1, 0.15) is 5.69 Å². The quantitative estimate of drug-likeness (QED) is 0.584. The molecule has 0 spiro atoms. The lowest BCUT2D eigenvalue weighted by molar-refractivity contribution is -0.129. The first-order valence-corrected chi connectivity index (χ1v) is 7.62. The van der Waals surface area contributed by atoms with Crippen LogP contribution in [0.5, 0.6) is 11.5 Å². The predicted octanol–water partition coefficient (Wildman–Crippen LogP) is 3.69. The van der Waals surface area contributed by atoms with Gasteiger partial charge in [0.05, 0.1) is 7.11 Å². The summed E-state index contributed by atoms with van der Waals surface area (Å²) in [5.74, 6) is -0.919. The number of methoxy groups -OCH3 is 1. The van der Waals surface area contributed by atoms with E-state index in [2.05, 4.69) is 14.7 Å². The number of alkyl halides is 2. The van der Waals surface area contributed by atoms with Crippen molar-refractivity contribution in [1.29, 1.82) is 0 Å². The van der Waals surface area contributed by atoms with Crippen molar-refractivity contribution in [2.24, 2.45) is 4.99 Å². The maximum absolute atomic E-state index is 12.7. The Labute approximate surface area is 151 Å². The Morgan fingerprint density at radius 2 is 2.12 bits per heavy atom. The third-order valence-corrected chi connectivity index (χ3v) is 3.53. The molecule has 9 heteroatoms.